The summed E-state index contributed by atoms with van der Waals surface area (Å²) in [5.41, 5.74) is 0.338. The molecule has 0 fully saturated rings. The third kappa shape index (κ3) is 3.33. The van der Waals surface area contributed by atoms with E-state index in [9.17, 15) is 13.2 Å². The van der Waals surface area contributed by atoms with E-state index in [2.05, 4.69) is 4.99 Å². The molecule has 3 atom stereocenters. The smallest absolute Gasteiger partial charge is 0.285 e. The van der Waals surface area contributed by atoms with Gasteiger partial charge in [0.25, 0.3) is 0 Å². The van der Waals surface area contributed by atoms with Crippen LogP contribution in [0.15, 0.2) is 16.6 Å². The fourth-order valence-electron chi connectivity index (χ4n) is 2.08. The van der Waals surface area contributed by atoms with Gasteiger partial charge in [-0.2, -0.15) is 13.2 Å². The number of alkyl halides is 3. The minimum absolute atomic E-state index is 0.0982. The Morgan fingerprint density at radius 3 is 2.24 bits per heavy atom. The van der Waals surface area contributed by atoms with Crippen molar-refractivity contribution in [3.63, 3.8) is 0 Å². The average Bonchev–Trinajstić information content (AvgIpc) is 2.64. The molecule has 0 spiro atoms. The normalized spacial score (nSPS) is 24.0. The Morgan fingerprint density at radius 1 is 1.29 bits per heavy atom. The Labute approximate surface area is 101 Å². The quantitative estimate of drug-likeness (QED) is 0.704. The molecule has 1 aliphatic rings. The standard InChI is InChI=1S/C13H20F3N/c1-5-9(4)12(13(14,15)16)10-6-11(8(2)3)17-7-10/h6-9,11-12H,5H2,1-4H3. The van der Waals surface area contributed by atoms with E-state index < -0.39 is 18.0 Å². The molecule has 1 nitrogen and oxygen atoms in total. The van der Waals surface area contributed by atoms with Crippen LogP contribution in [0.5, 0.6) is 0 Å². The van der Waals surface area contributed by atoms with Crippen molar-refractivity contribution in [1.29, 1.82) is 0 Å². The first kappa shape index (κ1) is 14.3. The highest BCUT2D eigenvalue weighted by atomic mass is 19.4. The predicted octanol–water partition coefficient (Wildman–Crippen LogP) is 4.25. The van der Waals surface area contributed by atoms with E-state index in [-0.39, 0.29) is 12.0 Å². The van der Waals surface area contributed by atoms with Crippen molar-refractivity contribution in [2.45, 2.75) is 46.3 Å². The molecular formula is C13H20F3N. The Bertz CT molecular complexity index is 315. The highest BCUT2D eigenvalue weighted by molar-refractivity contribution is 5.82. The molecule has 0 aromatic carbocycles. The zero-order valence-electron chi connectivity index (χ0n) is 10.8. The molecule has 0 radical (unpaired) electrons. The first-order valence-electron chi connectivity index (χ1n) is 6.09. The van der Waals surface area contributed by atoms with E-state index in [1.807, 2.05) is 13.8 Å². The van der Waals surface area contributed by atoms with E-state index >= 15 is 0 Å². The Balaban J connectivity index is 2.95. The lowest BCUT2D eigenvalue weighted by Crippen LogP contribution is -2.30. The summed E-state index contributed by atoms with van der Waals surface area (Å²) in [6, 6.07) is -0.0982. The maximum absolute atomic E-state index is 13.0. The second kappa shape index (κ2) is 5.23. The molecule has 3 unspecified atom stereocenters. The highest BCUT2D eigenvalue weighted by Gasteiger charge is 2.45. The van der Waals surface area contributed by atoms with Gasteiger partial charge in [-0.3, -0.25) is 4.99 Å². The van der Waals surface area contributed by atoms with Crippen LogP contribution < -0.4 is 0 Å². The summed E-state index contributed by atoms with van der Waals surface area (Å²) in [6.45, 7) is 7.37. The van der Waals surface area contributed by atoms with Crippen LogP contribution in [0.1, 0.15) is 34.1 Å². The minimum Gasteiger partial charge on any atom is -0.285 e. The van der Waals surface area contributed by atoms with Crippen LogP contribution in [0.3, 0.4) is 0 Å². The maximum Gasteiger partial charge on any atom is 0.396 e. The van der Waals surface area contributed by atoms with Gasteiger partial charge >= 0.3 is 6.18 Å². The Morgan fingerprint density at radius 2 is 1.88 bits per heavy atom. The fraction of sp³-hybridized carbons (Fsp3) is 0.769. The van der Waals surface area contributed by atoms with Crippen molar-refractivity contribution in [1.82, 2.24) is 0 Å². The lowest BCUT2D eigenvalue weighted by atomic mass is 9.84. The predicted molar refractivity (Wildman–Crippen MR) is 64.2 cm³/mol. The van der Waals surface area contributed by atoms with Gasteiger partial charge < -0.3 is 0 Å². The molecule has 98 valence electrons. The number of hydrogen-bond acceptors (Lipinski definition) is 1. The maximum atomic E-state index is 13.0. The van der Waals surface area contributed by atoms with Gasteiger partial charge in [0.2, 0.25) is 0 Å². The molecule has 0 aliphatic carbocycles. The zero-order valence-corrected chi connectivity index (χ0v) is 10.8. The average molecular weight is 247 g/mol. The van der Waals surface area contributed by atoms with Gasteiger partial charge in [-0.05, 0) is 17.4 Å². The number of halogens is 3. The first-order valence-corrected chi connectivity index (χ1v) is 6.09. The molecule has 0 saturated heterocycles. The minimum atomic E-state index is -4.18. The highest BCUT2D eigenvalue weighted by Crippen LogP contribution is 2.39. The van der Waals surface area contributed by atoms with Gasteiger partial charge in [-0.15, -0.1) is 0 Å². The van der Waals surface area contributed by atoms with E-state index in [1.165, 1.54) is 6.21 Å². The summed E-state index contributed by atoms with van der Waals surface area (Å²) in [4.78, 5) is 4.15. The molecule has 0 aromatic rings. The Hall–Kier alpha value is -0.800. The molecule has 1 rings (SSSR count). The van der Waals surface area contributed by atoms with E-state index in [0.717, 1.165) is 0 Å². The summed E-state index contributed by atoms with van der Waals surface area (Å²) in [5, 5.41) is 0. The second-order valence-corrected chi connectivity index (χ2v) is 5.08. The Kier molecular flexibility index (Phi) is 4.39. The van der Waals surface area contributed by atoms with Gasteiger partial charge in [-0.1, -0.05) is 40.2 Å². The molecule has 4 heteroatoms. The van der Waals surface area contributed by atoms with Crippen molar-refractivity contribution in [3.05, 3.63) is 11.6 Å². The topological polar surface area (TPSA) is 12.4 Å². The van der Waals surface area contributed by atoms with Crippen LogP contribution >= 0.6 is 0 Å². The summed E-state index contributed by atoms with van der Waals surface area (Å²) < 4.78 is 39.1. The molecule has 0 saturated carbocycles. The van der Waals surface area contributed by atoms with Gasteiger partial charge in [0, 0.05) is 6.21 Å². The number of allylic oxidation sites excluding steroid dienone is 1. The van der Waals surface area contributed by atoms with Crippen LogP contribution in [0.4, 0.5) is 13.2 Å². The third-order valence-electron chi connectivity index (χ3n) is 3.37. The van der Waals surface area contributed by atoms with Crippen molar-refractivity contribution in [3.8, 4) is 0 Å². The monoisotopic (exact) mass is 247 g/mol. The second-order valence-electron chi connectivity index (χ2n) is 5.08. The van der Waals surface area contributed by atoms with Gasteiger partial charge in [0.15, 0.2) is 0 Å². The van der Waals surface area contributed by atoms with Crippen molar-refractivity contribution < 1.29 is 13.2 Å². The molecule has 17 heavy (non-hydrogen) atoms. The SMILES string of the molecule is CCC(C)C(C1=CC(C(C)C)N=C1)C(F)(F)F. The molecular weight excluding hydrogens is 227 g/mol. The molecule has 0 N–H and O–H groups in total. The van der Waals surface area contributed by atoms with Gasteiger partial charge in [0.05, 0.1) is 12.0 Å². The lowest BCUT2D eigenvalue weighted by Gasteiger charge is -2.25. The largest absolute Gasteiger partial charge is 0.396 e. The molecule has 0 amide bonds. The van der Waals surface area contributed by atoms with E-state index in [0.29, 0.717) is 12.0 Å². The molecule has 1 aliphatic heterocycles. The van der Waals surface area contributed by atoms with Crippen molar-refractivity contribution in [2.75, 3.05) is 0 Å². The van der Waals surface area contributed by atoms with Gasteiger partial charge in [0.1, 0.15) is 0 Å². The van der Waals surface area contributed by atoms with Crippen LogP contribution in [-0.2, 0) is 0 Å². The van der Waals surface area contributed by atoms with Crippen LogP contribution in [0.25, 0.3) is 0 Å². The fourth-order valence-corrected chi connectivity index (χ4v) is 2.08. The van der Waals surface area contributed by atoms with Crippen LogP contribution in [0.2, 0.25) is 0 Å². The van der Waals surface area contributed by atoms with Crippen LogP contribution in [0, 0.1) is 17.8 Å². The van der Waals surface area contributed by atoms with E-state index in [4.69, 9.17) is 0 Å². The molecule has 0 aromatic heterocycles. The first-order chi connectivity index (χ1) is 7.77. The summed E-state index contributed by atoms with van der Waals surface area (Å²) >= 11 is 0. The van der Waals surface area contributed by atoms with Crippen molar-refractivity contribution in [2.24, 2.45) is 22.7 Å². The molecule has 0 bridgehead atoms. The van der Waals surface area contributed by atoms with E-state index in [1.54, 1.807) is 19.9 Å². The zero-order chi connectivity index (χ0) is 13.2. The summed E-state index contributed by atoms with van der Waals surface area (Å²) in [5.74, 6) is -1.53. The third-order valence-corrected chi connectivity index (χ3v) is 3.37. The number of aliphatic imine (C=N–C) groups is 1. The lowest BCUT2D eigenvalue weighted by molar-refractivity contribution is -0.174. The summed E-state index contributed by atoms with van der Waals surface area (Å²) in [6.07, 6.45) is -0.579. The summed E-state index contributed by atoms with van der Waals surface area (Å²) in [7, 11) is 0. The molecule has 1 heterocycles. The number of hydrogen-bond donors (Lipinski definition) is 0. The van der Waals surface area contributed by atoms with Gasteiger partial charge in [-0.25, -0.2) is 0 Å². The number of nitrogens with zero attached hydrogens (tertiary/aromatic N) is 1. The van der Waals surface area contributed by atoms with Crippen LogP contribution in [-0.4, -0.2) is 18.4 Å². The van der Waals surface area contributed by atoms with Crippen molar-refractivity contribution >= 4 is 6.21 Å². The number of rotatable bonds is 4.